The topological polar surface area (TPSA) is 21.3 Å². The van der Waals surface area contributed by atoms with E-state index >= 15 is 0 Å². The van der Waals surface area contributed by atoms with Gasteiger partial charge in [0.05, 0.1) is 0 Å². The summed E-state index contributed by atoms with van der Waals surface area (Å²) in [6.07, 6.45) is 0. The Hall–Kier alpha value is -0.510. The van der Waals surface area contributed by atoms with E-state index in [-0.39, 0.29) is 0 Å². The van der Waals surface area contributed by atoms with Gasteiger partial charge in [-0.05, 0) is 43.2 Å². The van der Waals surface area contributed by atoms with Gasteiger partial charge in [0, 0.05) is 22.1 Å². The first kappa shape index (κ1) is 16.5. The summed E-state index contributed by atoms with van der Waals surface area (Å²) in [6.45, 7) is 8.65. The summed E-state index contributed by atoms with van der Waals surface area (Å²) >= 11 is 9.13. The number of hydrogen-bond acceptors (Lipinski definition) is 2. The lowest BCUT2D eigenvalue weighted by atomic mass is 10.2. The van der Waals surface area contributed by atoms with Gasteiger partial charge in [-0.2, -0.15) is 0 Å². The summed E-state index contributed by atoms with van der Waals surface area (Å²) in [4.78, 5) is 0. The van der Waals surface area contributed by atoms with Crippen LogP contribution in [0.25, 0.3) is 0 Å². The highest BCUT2D eigenvalue weighted by atomic mass is 79.9. The molecule has 2 nitrogen and oxygen atoms in total. The van der Waals surface area contributed by atoms with Crippen molar-refractivity contribution >= 4 is 27.5 Å². The van der Waals surface area contributed by atoms with Crippen LogP contribution in [0.5, 0.6) is 5.75 Å². The van der Waals surface area contributed by atoms with Crippen LogP contribution in [0.15, 0.2) is 33.8 Å². The Balaban J connectivity index is 2.68. The molecule has 0 amide bonds. The van der Waals surface area contributed by atoms with E-state index in [9.17, 15) is 0 Å². The Kier molecular flexibility index (Phi) is 7.51. The molecule has 0 aliphatic rings. The first-order valence-corrected chi connectivity index (χ1v) is 7.63. The monoisotopic (exact) mass is 345 g/mol. The largest absolute Gasteiger partial charge is 0.489 e. The van der Waals surface area contributed by atoms with E-state index in [0.29, 0.717) is 12.5 Å². The van der Waals surface area contributed by atoms with Crippen LogP contribution in [0, 0.1) is 5.92 Å². The van der Waals surface area contributed by atoms with E-state index in [1.165, 1.54) is 0 Å². The van der Waals surface area contributed by atoms with Crippen molar-refractivity contribution in [3.63, 3.8) is 0 Å². The average molecular weight is 347 g/mol. The van der Waals surface area contributed by atoms with Crippen LogP contribution >= 0.6 is 27.5 Å². The second kappa shape index (κ2) is 8.62. The molecule has 19 heavy (non-hydrogen) atoms. The minimum atomic E-state index is 0.516. The summed E-state index contributed by atoms with van der Waals surface area (Å²) in [7, 11) is 0. The maximum absolute atomic E-state index is 5.79. The normalized spacial score (nSPS) is 12.0. The summed E-state index contributed by atoms with van der Waals surface area (Å²) in [5.74, 6) is 1.54. The van der Waals surface area contributed by atoms with Crippen molar-refractivity contribution in [3.8, 4) is 5.75 Å². The molecule has 0 unspecified atom stereocenters. The molecule has 1 aromatic rings. The Bertz CT molecular complexity index is 432. The molecule has 0 aliphatic carbocycles. The van der Waals surface area contributed by atoms with Gasteiger partial charge in [0.15, 0.2) is 0 Å². The molecule has 0 aromatic heterocycles. The van der Waals surface area contributed by atoms with Crippen molar-refractivity contribution < 1.29 is 4.74 Å². The molecule has 0 spiro atoms. The molecule has 0 heterocycles. The SMILES string of the molecule is C/C(=C\Cl)COc1ccc(Br)cc1CNCC(C)C. The second-order valence-electron chi connectivity index (χ2n) is 5.02. The molecule has 0 saturated carbocycles. The summed E-state index contributed by atoms with van der Waals surface area (Å²) in [5.41, 5.74) is 3.71. The summed E-state index contributed by atoms with van der Waals surface area (Å²) in [5, 5.41) is 3.43. The standard InChI is InChI=1S/C15H21BrClNO/c1-11(2)8-18-9-13-6-14(16)4-5-15(13)19-10-12(3)7-17/h4-7,11,18H,8-10H2,1-3H3/b12-7+. The molecular weight excluding hydrogens is 326 g/mol. The molecule has 1 aromatic carbocycles. The van der Waals surface area contributed by atoms with Crippen molar-refractivity contribution in [2.45, 2.75) is 27.3 Å². The minimum Gasteiger partial charge on any atom is -0.489 e. The number of nitrogens with one attached hydrogen (secondary N) is 1. The van der Waals surface area contributed by atoms with E-state index in [0.717, 1.165) is 34.4 Å². The minimum absolute atomic E-state index is 0.516. The maximum Gasteiger partial charge on any atom is 0.124 e. The number of hydrogen-bond donors (Lipinski definition) is 1. The third kappa shape index (κ3) is 6.46. The van der Waals surface area contributed by atoms with Crippen LogP contribution in [0.4, 0.5) is 0 Å². The lowest BCUT2D eigenvalue weighted by Crippen LogP contribution is -2.19. The zero-order valence-electron chi connectivity index (χ0n) is 11.7. The molecule has 1 N–H and O–H groups in total. The second-order valence-corrected chi connectivity index (χ2v) is 6.15. The maximum atomic E-state index is 5.79. The Morgan fingerprint density at radius 2 is 2.21 bits per heavy atom. The van der Waals surface area contributed by atoms with Gasteiger partial charge in [0.25, 0.3) is 0 Å². The van der Waals surface area contributed by atoms with Crippen molar-refractivity contribution in [2.75, 3.05) is 13.2 Å². The lowest BCUT2D eigenvalue weighted by Gasteiger charge is -2.13. The van der Waals surface area contributed by atoms with E-state index in [1.807, 2.05) is 19.1 Å². The van der Waals surface area contributed by atoms with Crippen LogP contribution in [0.3, 0.4) is 0 Å². The third-order valence-electron chi connectivity index (χ3n) is 2.53. The lowest BCUT2D eigenvalue weighted by molar-refractivity contribution is 0.347. The Morgan fingerprint density at radius 1 is 1.47 bits per heavy atom. The van der Waals surface area contributed by atoms with Crippen LogP contribution in [0.2, 0.25) is 0 Å². The summed E-state index contributed by atoms with van der Waals surface area (Å²) < 4.78 is 6.85. The Morgan fingerprint density at radius 3 is 2.84 bits per heavy atom. The zero-order chi connectivity index (χ0) is 14.3. The van der Waals surface area contributed by atoms with Crippen LogP contribution < -0.4 is 10.1 Å². The first-order chi connectivity index (χ1) is 9.02. The van der Waals surface area contributed by atoms with Gasteiger partial charge in [0.2, 0.25) is 0 Å². The Labute approximate surface area is 129 Å². The van der Waals surface area contributed by atoms with E-state index < -0.39 is 0 Å². The zero-order valence-corrected chi connectivity index (χ0v) is 14.0. The van der Waals surface area contributed by atoms with E-state index in [2.05, 4.69) is 41.2 Å². The van der Waals surface area contributed by atoms with Crippen molar-refractivity contribution in [3.05, 3.63) is 39.3 Å². The smallest absolute Gasteiger partial charge is 0.124 e. The molecule has 0 saturated heterocycles. The predicted molar refractivity (Wildman–Crippen MR) is 85.8 cm³/mol. The third-order valence-corrected chi connectivity index (χ3v) is 3.40. The molecule has 0 atom stereocenters. The highest BCUT2D eigenvalue weighted by Crippen LogP contribution is 2.23. The fraction of sp³-hybridized carbons (Fsp3) is 0.467. The molecule has 4 heteroatoms. The predicted octanol–water partition coefficient (Wildman–Crippen LogP) is 4.72. The molecule has 0 bridgehead atoms. The molecule has 0 fully saturated rings. The van der Waals surface area contributed by atoms with Crippen molar-refractivity contribution in [2.24, 2.45) is 5.92 Å². The molecule has 106 valence electrons. The number of ether oxygens (including phenoxy) is 1. The number of benzene rings is 1. The quantitative estimate of drug-likeness (QED) is 0.771. The number of rotatable bonds is 7. The highest BCUT2D eigenvalue weighted by molar-refractivity contribution is 9.10. The van der Waals surface area contributed by atoms with Gasteiger partial charge in [-0.1, -0.05) is 41.4 Å². The molecular formula is C15H21BrClNO. The van der Waals surface area contributed by atoms with Crippen LogP contribution in [0.1, 0.15) is 26.3 Å². The first-order valence-electron chi connectivity index (χ1n) is 6.40. The van der Waals surface area contributed by atoms with Crippen LogP contribution in [-0.4, -0.2) is 13.2 Å². The molecule has 1 rings (SSSR count). The van der Waals surface area contributed by atoms with Crippen molar-refractivity contribution in [1.29, 1.82) is 0 Å². The van der Waals surface area contributed by atoms with Gasteiger partial charge < -0.3 is 10.1 Å². The van der Waals surface area contributed by atoms with Gasteiger partial charge >= 0.3 is 0 Å². The van der Waals surface area contributed by atoms with Gasteiger partial charge in [-0.3, -0.25) is 0 Å². The summed E-state index contributed by atoms with van der Waals surface area (Å²) in [6, 6.07) is 6.06. The van der Waals surface area contributed by atoms with E-state index in [1.54, 1.807) is 5.54 Å². The highest BCUT2D eigenvalue weighted by Gasteiger charge is 2.05. The molecule has 0 radical (unpaired) electrons. The number of halogens is 2. The molecule has 0 aliphatic heterocycles. The average Bonchev–Trinajstić information content (AvgIpc) is 2.37. The fourth-order valence-corrected chi connectivity index (χ4v) is 2.02. The van der Waals surface area contributed by atoms with Gasteiger partial charge in [-0.15, -0.1) is 0 Å². The fourth-order valence-electron chi connectivity index (χ4n) is 1.55. The van der Waals surface area contributed by atoms with Gasteiger partial charge in [0.1, 0.15) is 12.4 Å². The van der Waals surface area contributed by atoms with E-state index in [4.69, 9.17) is 16.3 Å². The van der Waals surface area contributed by atoms with Crippen molar-refractivity contribution in [1.82, 2.24) is 5.32 Å². The van der Waals surface area contributed by atoms with Crippen LogP contribution in [-0.2, 0) is 6.54 Å². The van der Waals surface area contributed by atoms with Gasteiger partial charge in [-0.25, -0.2) is 0 Å².